The van der Waals surface area contributed by atoms with Gasteiger partial charge in [-0.15, -0.1) is 11.3 Å². The van der Waals surface area contributed by atoms with Crippen LogP contribution in [0.15, 0.2) is 40.9 Å². The van der Waals surface area contributed by atoms with Gasteiger partial charge in [0.1, 0.15) is 33.4 Å². The molecule has 2 bridgehead atoms. The molecular formula is C28H25Cl2FN2O3S. The van der Waals surface area contributed by atoms with Crippen molar-refractivity contribution in [3.8, 4) is 11.3 Å². The van der Waals surface area contributed by atoms with Gasteiger partial charge >= 0.3 is 0 Å². The first-order valence-electron chi connectivity index (χ1n) is 12.8. The summed E-state index contributed by atoms with van der Waals surface area (Å²) in [5, 5.41) is 17.9. The van der Waals surface area contributed by atoms with Crippen LogP contribution in [0.3, 0.4) is 0 Å². The Morgan fingerprint density at radius 3 is 2.43 bits per heavy atom. The van der Waals surface area contributed by atoms with E-state index >= 15 is 0 Å². The van der Waals surface area contributed by atoms with E-state index in [1.807, 2.05) is 12.1 Å². The molecular weight excluding hydrogens is 534 g/mol. The van der Waals surface area contributed by atoms with Crippen LogP contribution in [-0.2, 0) is 16.9 Å². The van der Waals surface area contributed by atoms with E-state index in [1.165, 1.54) is 17.4 Å². The molecule has 0 unspecified atom stereocenters. The number of benzene rings is 2. The van der Waals surface area contributed by atoms with Crippen LogP contribution in [0, 0.1) is 17.7 Å². The molecule has 3 fully saturated rings. The predicted molar refractivity (Wildman–Crippen MR) is 141 cm³/mol. The number of hydrogen-bond donors (Lipinski definition) is 1. The molecule has 0 radical (unpaired) electrons. The van der Waals surface area contributed by atoms with Gasteiger partial charge in [0, 0.05) is 17.0 Å². The van der Waals surface area contributed by atoms with Crippen molar-refractivity contribution < 1.29 is 18.8 Å². The first kappa shape index (κ1) is 24.0. The second kappa shape index (κ2) is 9.02. The van der Waals surface area contributed by atoms with Crippen LogP contribution in [0.1, 0.15) is 60.8 Å². The minimum atomic E-state index is -1.04. The molecule has 3 saturated carbocycles. The molecule has 0 spiro atoms. The molecule has 37 heavy (non-hydrogen) atoms. The summed E-state index contributed by atoms with van der Waals surface area (Å²) in [4.78, 5) is 4.57. The van der Waals surface area contributed by atoms with Gasteiger partial charge in [0.15, 0.2) is 0 Å². The van der Waals surface area contributed by atoms with Gasteiger partial charge in [-0.2, -0.15) is 0 Å². The number of thiazole rings is 1. The molecule has 1 N–H and O–H groups in total. The van der Waals surface area contributed by atoms with Crippen LogP contribution < -0.4 is 0 Å². The molecule has 7 rings (SSSR count). The molecule has 3 aliphatic rings. The minimum absolute atomic E-state index is 0.0135. The topological polar surface area (TPSA) is 68.4 Å². The predicted octanol–water partition coefficient (Wildman–Crippen LogP) is 7.87. The van der Waals surface area contributed by atoms with E-state index < -0.39 is 5.60 Å². The van der Waals surface area contributed by atoms with Crippen LogP contribution >= 0.6 is 34.5 Å². The summed E-state index contributed by atoms with van der Waals surface area (Å²) < 4.78 is 27.4. The summed E-state index contributed by atoms with van der Waals surface area (Å²) in [6.45, 7) is 0.348. The van der Waals surface area contributed by atoms with Gasteiger partial charge < -0.3 is 14.4 Å². The first-order chi connectivity index (χ1) is 17.9. The Kier molecular flexibility index (Phi) is 5.86. The highest BCUT2D eigenvalue weighted by Crippen LogP contribution is 2.57. The smallest absolute Gasteiger partial charge is 0.150 e. The standard InChI is InChI=1S/C28H25Cl2FN2O3S/c29-19-3-1-4-20(30)23(19)24-18(26(36-33-24)14-7-8-14)13-35-17-11-15-9-10-16(12-17)28(15,34)27-32-25-21(31)5-2-6-22(25)37-27/h1-6,14-17,34H,7-13H2/t15-,16+,17-,28+. The van der Waals surface area contributed by atoms with Crippen LogP contribution in [0.25, 0.3) is 21.5 Å². The molecule has 5 nitrogen and oxygen atoms in total. The van der Waals surface area contributed by atoms with Gasteiger partial charge in [0.25, 0.3) is 0 Å². The summed E-state index contributed by atoms with van der Waals surface area (Å²) in [7, 11) is 0. The summed E-state index contributed by atoms with van der Waals surface area (Å²) in [6.07, 6.45) is 5.37. The first-order valence-corrected chi connectivity index (χ1v) is 14.3. The number of aromatic nitrogens is 2. The quantitative estimate of drug-likeness (QED) is 0.260. The highest BCUT2D eigenvalue weighted by atomic mass is 35.5. The van der Waals surface area contributed by atoms with Gasteiger partial charge in [0.2, 0.25) is 0 Å². The van der Waals surface area contributed by atoms with E-state index in [-0.39, 0.29) is 23.8 Å². The monoisotopic (exact) mass is 558 g/mol. The molecule has 192 valence electrons. The van der Waals surface area contributed by atoms with E-state index in [0.29, 0.717) is 44.4 Å². The lowest BCUT2D eigenvalue weighted by Crippen LogP contribution is -2.44. The summed E-state index contributed by atoms with van der Waals surface area (Å²) >= 11 is 14.4. The van der Waals surface area contributed by atoms with Crippen LogP contribution in [0.4, 0.5) is 4.39 Å². The lowest BCUT2D eigenvalue weighted by Gasteiger charge is -2.41. The van der Waals surface area contributed by atoms with Crippen molar-refractivity contribution in [2.45, 2.75) is 62.8 Å². The molecule has 9 heteroatoms. The zero-order valence-corrected chi connectivity index (χ0v) is 22.3. The maximum atomic E-state index is 14.3. The molecule has 0 aliphatic heterocycles. The number of halogens is 3. The zero-order valence-electron chi connectivity index (χ0n) is 19.9. The second-order valence-electron chi connectivity index (χ2n) is 10.6. The van der Waals surface area contributed by atoms with Crippen molar-refractivity contribution in [3.05, 3.63) is 68.6 Å². The fourth-order valence-electron chi connectivity index (χ4n) is 6.32. The molecule has 4 atom stereocenters. The van der Waals surface area contributed by atoms with E-state index in [0.717, 1.165) is 54.5 Å². The van der Waals surface area contributed by atoms with Gasteiger partial charge in [0.05, 0.1) is 27.5 Å². The summed E-state index contributed by atoms with van der Waals surface area (Å²) in [5.74, 6) is 0.902. The Morgan fingerprint density at radius 1 is 1.05 bits per heavy atom. The van der Waals surface area contributed by atoms with E-state index in [9.17, 15) is 9.50 Å². The average Bonchev–Trinajstić information content (AvgIpc) is 3.45. The van der Waals surface area contributed by atoms with E-state index in [2.05, 4.69) is 10.1 Å². The normalized spacial score (nSPS) is 27.3. The van der Waals surface area contributed by atoms with Gasteiger partial charge in [-0.1, -0.05) is 40.5 Å². The van der Waals surface area contributed by atoms with Crippen molar-refractivity contribution in [1.29, 1.82) is 0 Å². The molecule has 3 aliphatic carbocycles. The molecule has 0 saturated heterocycles. The molecule has 0 amide bonds. The van der Waals surface area contributed by atoms with Crippen molar-refractivity contribution in [3.63, 3.8) is 0 Å². The van der Waals surface area contributed by atoms with Crippen molar-refractivity contribution >= 4 is 44.8 Å². The fourth-order valence-corrected chi connectivity index (χ4v) is 8.13. The fraction of sp³-hybridized carbons (Fsp3) is 0.429. The maximum absolute atomic E-state index is 14.3. The van der Waals surface area contributed by atoms with Crippen molar-refractivity contribution in [2.24, 2.45) is 11.8 Å². The third-order valence-electron chi connectivity index (χ3n) is 8.35. The summed E-state index contributed by atoms with van der Waals surface area (Å²) in [6, 6.07) is 10.4. The van der Waals surface area contributed by atoms with Gasteiger partial charge in [-0.3, -0.25) is 0 Å². The highest BCUT2D eigenvalue weighted by Gasteiger charge is 2.56. The summed E-state index contributed by atoms with van der Waals surface area (Å²) in [5.41, 5.74) is 1.53. The second-order valence-corrected chi connectivity index (χ2v) is 12.4. The molecule has 2 aromatic heterocycles. The van der Waals surface area contributed by atoms with Crippen LogP contribution in [0.2, 0.25) is 10.0 Å². The number of rotatable bonds is 6. The molecule has 4 aromatic rings. The maximum Gasteiger partial charge on any atom is 0.150 e. The van der Waals surface area contributed by atoms with Gasteiger partial charge in [-0.25, -0.2) is 9.37 Å². The van der Waals surface area contributed by atoms with Crippen molar-refractivity contribution in [2.75, 3.05) is 0 Å². The molecule has 2 heterocycles. The van der Waals surface area contributed by atoms with E-state index in [1.54, 1.807) is 18.2 Å². The van der Waals surface area contributed by atoms with Crippen LogP contribution in [-0.4, -0.2) is 21.4 Å². The number of ether oxygens (including phenoxy) is 1. The number of para-hydroxylation sites is 1. The van der Waals surface area contributed by atoms with Crippen molar-refractivity contribution in [1.82, 2.24) is 10.1 Å². The lowest BCUT2D eigenvalue weighted by molar-refractivity contribution is -0.116. The Balaban J connectivity index is 1.14. The highest BCUT2D eigenvalue weighted by molar-refractivity contribution is 7.18. The number of fused-ring (bicyclic) bond motifs is 3. The average molecular weight is 559 g/mol. The Morgan fingerprint density at radius 2 is 1.76 bits per heavy atom. The number of hydrogen-bond acceptors (Lipinski definition) is 6. The van der Waals surface area contributed by atoms with E-state index in [4.69, 9.17) is 32.5 Å². The SMILES string of the molecule is O[C@@]1(c2nc3c(F)cccc3s2)[C@@H]2CC[C@H]1C[C@H](OCc1c(-c3c(Cl)cccc3Cl)noc1C1CC1)C2. The third-order valence-corrected chi connectivity index (χ3v) is 10.1. The lowest BCUT2D eigenvalue weighted by atomic mass is 9.73. The molecule has 2 aromatic carbocycles. The Hall–Kier alpha value is -2.03. The third kappa shape index (κ3) is 3.93. The number of aliphatic hydroxyl groups is 1. The zero-order chi connectivity index (χ0) is 25.3. The largest absolute Gasteiger partial charge is 0.382 e. The Bertz CT molecular complexity index is 1470. The Labute approximate surface area is 227 Å². The number of nitrogens with zero attached hydrogens (tertiary/aromatic N) is 2. The van der Waals surface area contributed by atoms with Gasteiger partial charge in [-0.05, 0) is 74.6 Å². The minimum Gasteiger partial charge on any atom is -0.382 e. The van der Waals surface area contributed by atoms with Crippen LogP contribution in [0.5, 0.6) is 0 Å².